The van der Waals surface area contributed by atoms with Crippen LogP contribution < -0.4 is 16.0 Å². The maximum Gasteiger partial charge on any atom is 0.417 e. The molecule has 0 unspecified atom stereocenters. The number of halogens is 4. The van der Waals surface area contributed by atoms with Crippen LogP contribution in [0.1, 0.15) is 169 Å². The number of hydrogen-bond donors (Lipinski definition) is 3. The molecule has 2 aliphatic heterocycles. The number of amides is 11. The first-order chi connectivity index (χ1) is 43.0. The van der Waals surface area contributed by atoms with Gasteiger partial charge in [0.05, 0.1) is 30.2 Å². The van der Waals surface area contributed by atoms with Crippen molar-refractivity contribution in [1.29, 1.82) is 0 Å². The summed E-state index contributed by atoms with van der Waals surface area (Å²) in [6, 6.07) is -4.52. The van der Waals surface area contributed by atoms with Gasteiger partial charge in [-0.05, 0) is 99.7 Å². The number of carbonyl (C=O) groups excluding carboxylic acids is 11. The molecule has 11 amide bonds. The smallest absolute Gasteiger partial charge is 0.343 e. The van der Waals surface area contributed by atoms with E-state index in [-0.39, 0.29) is 69.7 Å². The largest absolute Gasteiger partial charge is 0.417 e. The Hall–Kier alpha value is -6.53. The van der Waals surface area contributed by atoms with Crippen molar-refractivity contribution >= 4 is 76.6 Å². The molecule has 1 spiro atoms. The van der Waals surface area contributed by atoms with E-state index in [1.807, 2.05) is 20.8 Å². The molecule has 0 bridgehead atoms. The summed E-state index contributed by atoms with van der Waals surface area (Å²) in [5.74, 6) is -7.65. The second-order valence-electron chi connectivity index (χ2n) is 27.3. The maximum atomic E-state index is 15.3. The zero-order valence-electron chi connectivity index (χ0n) is 56.7. The van der Waals surface area contributed by atoms with E-state index in [9.17, 15) is 56.3 Å². The van der Waals surface area contributed by atoms with E-state index < -0.39 is 161 Å². The van der Waals surface area contributed by atoms with Crippen molar-refractivity contribution in [3.8, 4) is 0 Å². The van der Waals surface area contributed by atoms with Crippen molar-refractivity contribution in [2.45, 2.75) is 218 Å². The maximum absolute atomic E-state index is 15.3. The van der Waals surface area contributed by atoms with E-state index in [1.165, 1.54) is 84.8 Å². The molecule has 516 valence electrons. The average Bonchev–Trinajstić information content (AvgIpc) is 1.10. The molecule has 1 aromatic carbocycles. The van der Waals surface area contributed by atoms with Gasteiger partial charge in [0.2, 0.25) is 65.0 Å². The third-order valence-corrected chi connectivity index (χ3v) is 19.8. The summed E-state index contributed by atoms with van der Waals surface area (Å²) in [7, 11) is 10.1. The summed E-state index contributed by atoms with van der Waals surface area (Å²) in [5.41, 5.74) is -2.26. The standard InChI is InChI=1S/C66H103ClF3N11O11/c1-15-42(6)56-62(90)76(10)38-54(84)74(8)39-55(85)79(13)51(36-44-23-18-16-19-24-44)61(89)75(9)37-52(82)71-48(29-27-45-26-28-46(47(67)35-45)66(68,69)70)60(88)81-32-22-25-49(81)59(87)73-65(30-20-17-21-31-65)64(92)80(14)57(41(4)5)63(91)77(11)43(7)34-53(83)78(12)50(33-40(2)3)58(86)72-56/h26,28,35,40-44,48-51,56-57H,15-25,27,29-34,36-39H2,1-14H3,(H,71,82)(H,72,86)(H,73,87)/t42-,43+,48-,49-,50-,51-,56-,57-/m0/s1. The molecule has 5 rings (SSSR count). The number of nitrogens with zero attached hydrogens (tertiary/aromatic N) is 8. The first kappa shape index (κ1) is 76.2. The van der Waals surface area contributed by atoms with Gasteiger partial charge in [-0.15, -0.1) is 0 Å². The van der Waals surface area contributed by atoms with E-state index >= 15 is 9.59 Å². The predicted molar refractivity (Wildman–Crippen MR) is 342 cm³/mol. The van der Waals surface area contributed by atoms with E-state index in [2.05, 4.69) is 16.0 Å². The third kappa shape index (κ3) is 19.5. The summed E-state index contributed by atoms with van der Waals surface area (Å²) < 4.78 is 41.4. The normalized spacial score (nSPS) is 26.3. The minimum absolute atomic E-state index is 0.0331. The highest BCUT2D eigenvalue weighted by Gasteiger charge is 2.49. The third-order valence-electron chi connectivity index (χ3n) is 19.5. The lowest BCUT2D eigenvalue weighted by atomic mass is 9.79. The second-order valence-corrected chi connectivity index (χ2v) is 27.7. The lowest BCUT2D eigenvalue weighted by molar-refractivity contribution is -0.154. The van der Waals surface area contributed by atoms with Gasteiger partial charge in [-0.25, -0.2) is 0 Å². The lowest BCUT2D eigenvalue weighted by Crippen LogP contribution is -2.66. The Bertz CT molecular complexity index is 2810. The van der Waals surface area contributed by atoms with Crippen LogP contribution in [-0.4, -0.2) is 228 Å². The molecule has 0 aromatic heterocycles. The number of carbonyl (C=O) groups is 11. The SMILES string of the molecule is CC[C@H](C)[C@@H]1NC(=O)[C@H](CC(C)C)N(C)C(=O)C[C@@H](C)N(C)C(=O)[C@H](C(C)C)N(C)C(=O)C2(CCCCC2)NC(=O)[C@@H]2CCCN2C(=O)[C@H](CCc2ccc(C(F)(F)F)c(Cl)c2)NC(=O)CN(C)C(=O)[C@H](CC2CCCCC2)N(C)C(=O)CN(C)C(=O)CN(C)C1=O. The Kier molecular flexibility index (Phi) is 27.8. The molecule has 2 aliphatic carbocycles. The van der Waals surface area contributed by atoms with Crippen LogP contribution in [0.15, 0.2) is 18.2 Å². The number of hydrogen-bond acceptors (Lipinski definition) is 11. The zero-order valence-corrected chi connectivity index (χ0v) is 57.5. The lowest BCUT2D eigenvalue weighted by Gasteiger charge is -2.44. The zero-order chi connectivity index (χ0) is 68.9. The van der Waals surface area contributed by atoms with Crippen molar-refractivity contribution in [2.75, 3.05) is 75.5 Å². The van der Waals surface area contributed by atoms with E-state index in [0.717, 1.165) is 60.5 Å². The van der Waals surface area contributed by atoms with Crippen LogP contribution in [0.25, 0.3) is 0 Å². The van der Waals surface area contributed by atoms with E-state index in [0.29, 0.717) is 31.2 Å². The Labute approximate surface area is 547 Å². The highest BCUT2D eigenvalue weighted by molar-refractivity contribution is 6.31. The molecular weight excluding hydrogens is 1220 g/mol. The quantitative estimate of drug-likeness (QED) is 0.249. The Morgan fingerprint density at radius 3 is 1.83 bits per heavy atom. The molecule has 3 N–H and O–H groups in total. The van der Waals surface area contributed by atoms with Gasteiger partial charge >= 0.3 is 6.18 Å². The number of benzene rings is 1. The summed E-state index contributed by atoms with van der Waals surface area (Å²) >= 11 is 6.13. The first-order valence-corrected chi connectivity index (χ1v) is 33.3. The van der Waals surface area contributed by atoms with Crippen molar-refractivity contribution in [3.05, 3.63) is 34.3 Å². The van der Waals surface area contributed by atoms with Crippen LogP contribution in [0, 0.1) is 23.7 Å². The molecule has 4 fully saturated rings. The molecule has 22 nitrogen and oxygen atoms in total. The average molecular weight is 1320 g/mol. The highest BCUT2D eigenvalue weighted by atomic mass is 35.5. The summed E-state index contributed by atoms with van der Waals surface area (Å²) in [5, 5.41) is 8.15. The van der Waals surface area contributed by atoms with Crippen LogP contribution in [-0.2, 0) is 65.3 Å². The molecular formula is C66H103ClF3N11O11. The van der Waals surface area contributed by atoms with Crippen molar-refractivity contribution in [1.82, 2.24) is 55.1 Å². The molecule has 2 saturated carbocycles. The molecule has 8 atom stereocenters. The summed E-state index contributed by atoms with van der Waals surface area (Å²) in [6.45, 7) is 11.1. The number of fused-ring (bicyclic) bond motifs is 1. The fraction of sp³-hybridized carbons (Fsp3) is 0.742. The number of alkyl halides is 3. The van der Waals surface area contributed by atoms with Gasteiger partial charge in [0.1, 0.15) is 41.8 Å². The topological polar surface area (TPSA) is 250 Å². The van der Waals surface area contributed by atoms with E-state index in [4.69, 9.17) is 11.6 Å². The monoisotopic (exact) mass is 1320 g/mol. The minimum atomic E-state index is -4.74. The fourth-order valence-corrected chi connectivity index (χ4v) is 13.7. The summed E-state index contributed by atoms with van der Waals surface area (Å²) in [6.07, 6.45) is 2.85. The van der Waals surface area contributed by atoms with E-state index in [1.54, 1.807) is 27.7 Å². The fourth-order valence-electron chi connectivity index (χ4n) is 13.4. The van der Waals surface area contributed by atoms with Crippen molar-refractivity contribution < 1.29 is 65.9 Å². The highest BCUT2D eigenvalue weighted by Crippen LogP contribution is 2.37. The predicted octanol–water partition coefficient (Wildman–Crippen LogP) is 5.90. The Balaban J connectivity index is 1.57. The van der Waals surface area contributed by atoms with Crippen LogP contribution in [0.5, 0.6) is 0 Å². The Morgan fingerprint density at radius 1 is 0.641 bits per heavy atom. The van der Waals surface area contributed by atoms with Gasteiger partial charge in [0, 0.05) is 68.3 Å². The molecule has 2 saturated heterocycles. The van der Waals surface area contributed by atoms with Gasteiger partial charge < -0.3 is 55.1 Å². The van der Waals surface area contributed by atoms with Crippen LogP contribution in [0.2, 0.25) is 5.02 Å². The van der Waals surface area contributed by atoms with Crippen LogP contribution >= 0.6 is 11.6 Å². The molecule has 26 heteroatoms. The molecule has 1 aromatic rings. The van der Waals surface area contributed by atoms with Gasteiger partial charge in [-0.3, -0.25) is 52.7 Å². The van der Waals surface area contributed by atoms with Crippen molar-refractivity contribution in [2.24, 2.45) is 23.7 Å². The molecule has 0 radical (unpaired) electrons. The van der Waals surface area contributed by atoms with Crippen LogP contribution in [0.4, 0.5) is 13.2 Å². The van der Waals surface area contributed by atoms with Crippen molar-refractivity contribution in [3.63, 3.8) is 0 Å². The first-order valence-electron chi connectivity index (χ1n) is 32.9. The minimum Gasteiger partial charge on any atom is -0.343 e. The number of aryl methyl sites for hydroxylation is 1. The molecule has 4 aliphatic rings. The number of rotatable bonds is 10. The van der Waals surface area contributed by atoms with Gasteiger partial charge in [0.25, 0.3) is 0 Å². The van der Waals surface area contributed by atoms with Crippen LogP contribution in [0.3, 0.4) is 0 Å². The molecule has 2 heterocycles. The number of nitrogens with one attached hydrogen (secondary N) is 3. The Morgan fingerprint density at radius 2 is 1.24 bits per heavy atom. The second kappa shape index (κ2) is 33.5. The van der Waals surface area contributed by atoms with Gasteiger partial charge in [-0.2, -0.15) is 13.2 Å². The van der Waals surface area contributed by atoms with Gasteiger partial charge in [0.15, 0.2) is 0 Å². The number of likely N-dealkylation sites (N-methyl/N-ethyl adjacent to an activating group) is 7. The summed E-state index contributed by atoms with van der Waals surface area (Å²) in [4.78, 5) is 171. The molecule has 92 heavy (non-hydrogen) atoms. The van der Waals surface area contributed by atoms with Gasteiger partial charge in [-0.1, -0.05) is 117 Å².